The molecule has 0 spiro atoms. The molecule has 0 atom stereocenters. The Morgan fingerprint density at radius 2 is 2.25 bits per heavy atom. The molecule has 3 N–H and O–H groups in total. The van der Waals surface area contributed by atoms with Gasteiger partial charge in [0.05, 0.1) is 5.69 Å². The quantitative estimate of drug-likeness (QED) is 0.792. The van der Waals surface area contributed by atoms with Crippen molar-refractivity contribution >= 4 is 37.5 Å². The summed E-state index contributed by atoms with van der Waals surface area (Å²) in [4.78, 5) is 3.91. The summed E-state index contributed by atoms with van der Waals surface area (Å²) < 4.78 is 28.9. The molecular formula is C11H14BrN5O2S. The fourth-order valence-electron chi connectivity index (χ4n) is 1.63. The molecule has 0 saturated carbocycles. The van der Waals surface area contributed by atoms with Crippen molar-refractivity contribution in [3.05, 3.63) is 29.1 Å². The lowest BCUT2D eigenvalue weighted by Crippen LogP contribution is -2.14. The van der Waals surface area contributed by atoms with Crippen molar-refractivity contribution < 1.29 is 8.42 Å². The lowest BCUT2D eigenvalue weighted by atomic mass is 10.4. The van der Waals surface area contributed by atoms with Gasteiger partial charge in [-0.2, -0.15) is 5.10 Å². The number of aromatic nitrogens is 3. The molecule has 0 fully saturated rings. The van der Waals surface area contributed by atoms with E-state index in [-0.39, 0.29) is 10.7 Å². The lowest BCUT2D eigenvalue weighted by Gasteiger charge is -2.07. The van der Waals surface area contributed by atoms with Gasteiger partial charge < -0.3 is 5.73 Å². The first-order valence-electron chi connectivity index (χ1n) is 5.90. The SMILES string of the molecule is CCCn1cc(S(=O)(=O)Nc2cccnc2Br)c(N)n1. The number of aryl methyl sites for hydroxylation is 1. The Hall–Kier alpha value is -1.61. The summed E-state index contributed by atoms with van der Waals surface area (Å²) in [5.41, 5.74) is 6.01. The maximum Gasteiger partial charge on any atom is 0.267 e. The van der Waals surface area contributed by atoms with Crippen molar-refractivity contribution in [1.29, 1.82) is 0 Å². The van der Waals surface area contributed by atoms with Crippen molar-refractivity contribution in [2.75, 3.05) is 10.5 Å². The molecule has 0 bridgehead atoms. The third kappa shape index (κ3) is 3.10. The molecule has 0 saturated heterocycles. The molecule has 2 aromatic rings. The fraction of sp³-hybridized carbons (Fsp3) is 0.273. The van der Waals surface area contributed by atoms with Gasteiger partial charge in [0.2, 0.25) is 0 Å². The Kier molecular flexibility index (Phi) is 4.29. The zero-order chi connectivity index (χ0) is 14.8. The molecule has 0 unspecified atom stereocenters. The Bertz CT molecular complexity index is 713. The van der Waals surface area contributed by atoms with Crippen LogP contribution >= 0.6 is 15.9 Å². The Labute approximate surface area is 125 Å². The predicted molar refractivity (Wildman–Crippen MR) is 79.7 cm³/mol. The number of sulfonamides is 1. The molecule has 108 valence electrons. The van der Waals surface area contributed by atoms with Crippen molar-refractivity contribution in [2.45, 2.75) is 24.8 Å². The molecule has 0 amide bonds. The first kappa shape index (κ1) is 14.8. The van der Waals surface area contributed by atoms with Crippen LogP contribution in [0.15, 0.2) is 34.0 Å². The van der Waals surface area contributed by atoms with E-state index in [1.807, 2.05) is 6.92 Å². The monoisotopic (exact) mass is 359 g/mol. The maximum atomic E-state index is 12.3. The maximum absolute atomic E-state index is 12.3. The molecule has 20 heavy (non-hydrogen) atoms. The van der Waals surface area contributed by atoms with Crippen molar-refractivity contribution in [3.63, 3.8) is 0 Å². The summed E-state index contributed by atoms with van der Waals surface area (Å²) in [6.07, 6.45) is 3.81. The van der Waals surface area contributed by atoms with Crippen LogP contribution in [0.25, 0.3) is 0 Å². The topological polar surface area (TPSA) is 103 Å². The number of anilines is 2. The fourth-order valence-corrected chi connectivity index (χ4v) is 3.25. The van der Waals surface area contributed by atoms with E-state index >= 15 is 0 Å². The van der Waals surface area contributed by atoms with E-state index in [2.05, 4.69) is 30.7 Å². The molecule has 2 heterocycles. The average Bonchev–Trinajstić information content (AvgIpc) is 2.74. The number of nitrogens with zero attached hydrogens (tertiary/aromatic N) is 3. The van der Waals surface area contributed by atoms with Crippen molar-refractivity contribution in [1.82, 2.24) is 14.8 Å². The number of pyridine rings is 1. The second-order valence-corrected chi connectivity index (χ2v) is 6.49. The van der Waals surface area contributed by atoms with Gasteiger partial charge in [-0.25, -0.2) is 13.4 Å². The second kappa shape index (κ2) is 5.80. The molecule has 2 aromatic heterocycles. The number of nitrogens with one attached hydrogen (secondary N) is 1. The predicted octanol–water partition coefficient (Wildman–Crippen LogP) is 1.83. The lowest BCUT2D eigenvalue weighted by molar-refractivity contribution is 0.595. The molecule has 0 aliphatic heterocycles. The van der Waals surface area contributed by atoms with E-state index in [1.54, 1.807) is 18.3 Å². The zero-order valence-electron chi connectivity index (χ0n) is 10.7. The standard InChI is InChI=1S/C11H14BrN5O2S/c1-2-6-17-7-9(11(13)15-17)20(18,19)16-8-4-3-5-14-10(8)12/h3-5,7,16H,2,6H2,1H3,(H2,13,15). The van der Waals surface area contributed by atoms with Crippen LogP contribution in [0, 0.1) is 0 Å². The van der Waals surface area contributed by atoms with Crippen molar-refractivity contribution in [3.8, 4) is 0 Å². The third-order valence-corrected chi connectivity index (χ3v) is 4.51. The minimum absolute atomic E-state index is 0.0223. The summed E-state index contributed by atoms with van der Waals surface area (Å²) in [5, 5.41) is 3.98. The number of halogens is 1. The summed E-state index contributed by atoms with van der Waals surface area (Å²) in [6, 6.07) is 3.23. The first-order valence-corrected chi connectivity index (χ1v) is 8.18. The van der Waals surface area contributed by atoms with Gasteiger partial charge in [0.15, 0.2) is 5.82 Å². The summed E-state index contributed by atoms with van der Waals surface area (Å²) in [7, 11) is -3.79. The van der Waals surface area contributed by atoms with Gasteiger partial charge in [-0.3, -0.25) is 9.40 Å². The number of hydrogen-bond acceptors (Lipinski definition) is 5. The highest BCUT2D eigenvalue weighted by Crippen LogP contribution is 2.24. The van der Waals surface area contributed by atoms with Gasteiger partial charge in [-0.1, -0.05) is 6.92 Å². The second-order valence-electron chi connectivity index (χ2n) is 4.09. The van der Waals surface area contributed by atoms with Crippen LogP contribution < -0.4 is 10.5 Å². The van der Waals surface area contributed by atoms with Crippen LogP contribution in [0.2, 0.25) is 0 Å². The molecule has 0 aromatic carbocycles. The van der Waals surface area contributed by atoms with E-state index in [0.717, 1.165) is 6.42 Å². The summed E-state index contributed by atoms with van der Waals surface area (Å²) >= 11 is 3.18. The van der Waals surface area contributed by atoms with Gasteiger partial charge in [0.1, 0.15) is 9.50 Å². The highest BCUT2D eigenvalue weighted by Gasteiger charge is 2.22. The van der Waals surface area contributed by atoms with Gasteiger partial charge >= 0.3 is 0 Å². The van der Waals surface area contributed by atoms with E-state index in [4.69, 9.17) is 5.73 Å². The Balaban J connectivity index is 2.33. The molecule has 9 heteroatoms. The normalized spacial score (nSPS) is 11.5. The number of rotatable bonds is 5. The average molecular weight is 360 g/mol. The highest BCUT2D eigenvalue weighted by atomic mass is 79.9. The number of hydrogen-bond donors (Lipinski definition) is 2. The molecule has 0 radical (unpaired) electrons. The van der Waals surface area contributed by atoms with Gasteiger partial charge in [0.25, 0.3) is 10.0 Å². The summed E-state index contributed by atoms with van der Waals surface area (Å²) in [5.74, 6) is -0.0223. The molecule has 2 rings (SSSR count). The molecule has 0 aliphatic carbocycles. The van der Waals surface area contributed by atoms with Crippen molar-refractivity contribution in [2.24, 2.45) is 0 Å². The van der Waals surface area contributed by atoms with Crippen LogP contribution in [0.5, 0.6) is 0 Å². The smallest absolute Gasteiger partial charge is 0.267 e. The third-order valence-electron chi connectivity index (χ3n) is 2.50. The number of nitrogen functional groups attached to an aromatic ring is 1. The molecule has 0 aliphatic rings. The van der Waals surface area contributed by atoms with Crippen LogP contribution in [0.3, 0.4) is 0 Å². The van der Waals surface area contributed by atoms with Gasteiger partial charge in [0, 0.05) is 18.9 Å². The van der Waals surface area contributed by atoms with E-state index < -0.39 is 10.0 Å². The minimum atomic E-state index is -3.79. The van der Waals surface area contributed by atoms with E-state index in [1.165, 1.54) is 10.9 Å². The Morgan fingerprint density at radius 3 is 2.90 bits per heavy atom. The summed E-state index contributed by atoms with van der Waals surface area (Å²) in [6.45, 7) is 2.58. The molecular weight excluding hydrogens is 346 g/mol. The van der Waals surface area contributed by atoms with Crippen LogP contribution in [-0.4, -0.2) is 23.2 Å². The zero-order valence-corrected chi connectivity index (χ0v) is 13.1. The minimum Gasteiger partial charge on any atom is -0.381 e. The number of nitrogens with two attached hydrogens (primary N) is 1. The van der Waals surface area contributed by atoms with Gasteiger partial charge in [-0.15, -0.1) is 0 Å². The van der Waals surface area contributed by atoms with Crippen LogP contribution in [0.1, 0.15) is 13.3 Å². The highest BCUT2D eigenvalue weighted by molar-refractivity contribution is 9.10. The first-order chi connectivity index (χ1) is 9.44. The largest absolute Gasteiger partial charge is 0.381 e. The van der Waals surface area contributed by atoms with E-state index in [0.29, 0.717) is 16.8 Å². The Morgan fingerprint density at radius 1 is 1.50 bits per heavy atom. The van der Waals surface area contributed by atoms with Crippen LogP contribution in [-0.2, 0) is 16.6 Å². The molecule has 7 nitrogen and oxygen atoms in total. The van der Waals surface area contributed by atoms with Crippen LogP contribution in [0.4, 0.5) is 11.5 Å². The van der Waals surface area contributed by atoms with Gasteiger partial charge in [-0.05, 0) is 34.5 Å². The van der Waals surface area contributed by atoms with E-state index in [9.17, 15) is 8.42 Å².